The lowest BCUT2D eigenvalue weighted by Gasteiger charge is -2.19. The Kier molecular flexibility index (Phi) is 5.34. The van der Waals surface area contributed by atoms with E-state index in [2.05, 4.69) is 42.5 Å². The van der Waals surface area contributed by atoms with Gasteiger partial charge < -0.3 is 9.80 Å². The maximum absolute atomic E-state index is 3.76. The van der Waals surface area contributed by atoms with Gasteiger partial charge in [0.05, 0.1) is 6.42 Å². The first-order valence-electron chi connectivity index (χ1n) is 5.73. The molecule has 0 aromatic heterocycles. The van der Waals surface area contributed by atoms with E-state index in [9.17, 15) is 0 Å². The molecule has 0 aromatic carbocycles. The molecule has 1 rings (SSSR count). The van der Waals surface area contributed by atoms with Crippen LogP contribution in [0.2, 0.25) is 0 Å². The quantitative estimate of drug-likeness (QED) is 0.530. The smallest absolute Gasteiger partial charge is 0.0898 e. The second kappa shape index (κ2) is 6.79. The van der Waals surface area contributed by atoms with Gasteiger partial charge in [0.1, 0.15) is 0 Å². The molecule has 0 saturated carbocycles. The van der Waals surface area contributed by atoms with Crippen LogP contribution in [0.15, 0.2) is 62.0 Å². The largest absolute Gasteiger partial charge is 0.365 e. The van der Waals surface area contributed by atoms with E-state index < -0.39 is 0 Å². The average Bonchev–Trinajstić information content (AvgIpc) is 3.08. The molecule has 0 unspecified atom stereocenters. The lowest BCUT2D eigenvalue weighted by atomic mass is 10.4. The summed E-state index contributed by atoms with van der Waals surface area (Å²) in [5, 5.41) is 0. The third-order valence-electron chi connectivity index (χ3n) is 2.43. The summed E-state index contributed by atoms with van der Waals surface area (Å²) in [6, 6.07) is 0. The van der Waals surface area contributed by atoms with Gasteiger partial charge in [-0.1, -0.05) is 24.3 Å². The van der Waals surface area contributed by atoms with E-state index in [0.29, 0.717) is 0 Å². The van der Waals surface area contributed by atoms with Gasteiger partial charge in [-0.2, -0.15) is 0 Å². The number of rotatable bonds is 10. The van der Waals surface area contributed by atoms with Gasteiger partial charge in [-0.15, -0.1) is 26.3 Å². The Labute approximate surface area is 105 Å². The van der Waals surface area contributed by atoms with Crippen molar-refractivity contribution in [2.75, 3.05) is 26.2 Å². The molecule has 2 radical (unpaired) electrons. The summed E-state index contributed by atoms with van der Waals surface area (Å²) in [5.41, 5.74) is 2.29. The van der Waals surface area contributed by atoms with Crippen molar-refractivity contribution in [2.24, 2.45) is 0 Å². The van der Waals surface area contributed by atoms with Crippen LogP contribution in [-0.4, -0.2) is 36.0 Å². The van der Waals surface area contributed by atoms with Crippen molar-refractivity contribution in [3.63, 3.8) is 0 Å². The lowest BCUT2D eigenvalue weighted by Crippen LogP contribution is -2.21. The van der Waals surface area contributed by atoms with Crippen LogP contribution in [0.4, 0.5) is 0 Å². The van der Waals surface area contributed by atoms with Crippen molar-refractivity contribution in [3.05, 3.63) is 68.4 Å². The van der Waals surface area contributed by atoms with Crippen LogP contribution in [0.1, 0.15) is 0 Å². The van der Waals surface area contributed by atoms with Gasteiger partial charge in [0, 0.05) is 37.6 Å². The van der Waals surface area contributed by atoms with Crippen molar-refractivity contribution in [2.45, 2.75) is 0 Å². The Bertz CT molecular complexity index is 287. The Morgan fingerprint density at radius 2 is 1.00 bits per heavy atom. The number of hydrogen-bond donors (Lipinski definition) is 0. The topological polar surface area (TPSA) is 6.48 Å². The zero-order chi connectivity index (χ0) is 12.7. The molecule has 0 spiro atoms. The molecule has 2 nitrogen and oxygen atoms in total. The summed E-state index contributed by atoms with van der Waals surface area (Å²) < 4.78 is 0. The third-order valence-corrected chi connectivity index (χ3v) is 2.43. The molecule has 1 aliphatic rings. The van der Waals surface area contributed by atoms with Crippen LogP contribution in [-0.2, 0) is 0 Å². The fourth-order valence-corrected chi connectivity index (χ4v) is 1.68. The van der Waals surface area contributed by atoms with Gasteiger partial charge in [0.2, 0.25) is 0 Å². The van der Waals surface area contributed by atoms with Crippen molar-refractivity contribution in [1.29, 1.82) is 0 Å². The van der Waals surface area contributed by atoms with Crippen LogP contribution in [0.3, 0.4) is 0 Å². The molecule has 0 saturated heterocycles. The molecule has 0 fully saturated rings. The van der Waals surface area contributed by atoms with Crippen molar-refractivity contribution < 1.29 is 0 Å². The molecule has 17 heavy (non-hydrogen) atoms. The zero-order valence-electron chi connectivity index (χ0n) is 10.4. The minimum absolute atomic E-state index is 0.813. The van der Waals surface area contributed by atoms with Gasteiger partial charge in [-0.3, -0.25) is 0 Å². The summed E-state index contributed by atoms with van der Waals surface area (Å²) in [6.07, 6.45) is 10.9. The fourth-order valence-electron chi connectivity index (χ4n) is 1.68. The summed E-state index contributed by atoms with van der Waals surface area (Å²) in [4.78, 5) is 4.38. The Hall–Kier alpha value is -1.70. The summed E-state index contributed by atoms with van der Waals surface area (Å²) in [6.45, 7) is 18.3. The maximum atomic E-state index is 3.76. The van der Waals surface area contributed by atoms with Crippen LogP contribution in [0, 0.1) is 6.42 Å². The molecular weight excluding hydrogens is 208 g/mol. The number of allylic oxidation sites excluding steroid dienone is 2. The predicted octanol–water partition coefficient (Wildman–Crippen LogP) is 2.64. The van der Waals surface area contributed by atoms with Crippen molar-refractivity contribution >= 4 is 0 Å². The monoisotopic (exact) mass is 228 g/mol. The minimum Gasteiger partial charge on any atom is -0.365 e. The Balaban J connectivity index is 2.70. The standard InChI is InChI=1S/C15H20N2/c1-5-9-16(10-6-2)14-13-15(14)17(11-7-3)12-8-4/h5-8H,1-4,9-12H2. The van der Waals surface area contributed by atoms with Crippen molar-refractivity contribution in [3.8, 4) is 0 Å². The second-order valence-electron chi connectivity index (χ2n) is 3.79. The molecule has 0 atom stereocenters. The average molecular weight is 228 g/mol. The highest BCUT2D eigenvalue weighted by Crippen LogP contribution is 2.35. The highest BCUT2D eigenvalue weighted by molar-refractivity contribution is 5.49. The van der Waals surface area contributed by atoms with E-state index in [0.717, 1.165) is 37.6 Å². The molecule has 0 N–H and O–H groups in total. The molecule has 0 heterocycles. The zero-order valence-corrected chi connectivity index (χ0v) is 10.4. The normalized spacial score (nSPS) is 12.9. The molecule has 0 aliphatic heterocycles. The number of hydrogen-bond acceptors (Lipinski definition) is 2. The molecule has 0 aromatic rings. The van der Waals surface area contributed by atoms with Gasteiger partial charge in [0.15, 0.2) is 0 Å². The van der Waals surface area contributed by atoms with Gasteiger partial charge in [-0.05, 0) is 0 Å². The molecule has 0 bridgehead atoms. The van der Waals surface area contributed by atoms with E-state index >= 15 is 0 Å². The summed E-state index contributed by atoms with van der Waals surface area (Å²) >= 11 is 0. The summed E-state index contributed by atoms with van der Waals surface area (Å²) in [7, 11) is 0. The SMILES string of the molecule is C=CCN(CC=C)C1=C(N(CC=C)CC=C)[C]1. The molecule has 2 heteroatoms. The highest BCUT2D eigenvalue weighted by atomic mass is 15.2. The third kappa shape index (κ3) is 3.66. The minimum atomic E-state index is 0.813. The predicted molar refractivity (Wildman–Crippen MR) is 74.2 cm³/mol. The molecular formula is C15H20N2. The molecule has 1 aliphatic carbocycles. The van der Waals surface area contributed by atoms with Crippen LogP contribution in [0.5, 0.6) is 0 Å². The van der Waals surface area contributed by atoms with Crippen molar-refractivity contribution in [1.82, 2.24) is 9.80 Å². The van der Waals surface area contributed by atoms with Crippen LogP contribution < -0.4 is 0 Å². The van der Waals surface area contributed by atoms with Gasteiger partial charge >= 0.3 is 0 Å². The highest BCUT2D eigenvalue weighted by Gasteiger charge is 2.31. The second-order valence-corrected chi connectivity index (χ2v) is 3.79. The van der Waals surface area contributed by atoms with E-state index in [1.54, 1.807) is 0 Å². The summed E-state index contributed by atoms with van der Waals surface area (Å²) in [5.74, 6) is 0. The lowest BCUT2D eigenvalue weighted by molar-refractivity contribution is 0.419. The fraction of sp³-hybridized carbons (Fsp3) is 0.267. The first-order valence-corrected chi connectivity index (χ1v) is 5.73. The molecule has 90 valence electrons. The van der Waals surface area contributed by atoms with E-state index in [1.165, 1.54) is 0 Å². The Morgan fingerprint density at radius 3 is 1.24 bits per heavy atom. The van der Waals surface area contributed by atoms with Gasteiger partial charge in [0.25, 0.3) is 0 Å². The van der Waals surface area contributed by atoms with Gasteiger partial charge in [-0.25, -0.2) is 0 Å². The first kappa shape index (κ1) is 13.4. The number of nitrogens with zero attached hydrogens (tertiary/aromatic N) is 2. The van der Waals surface area contributed by atoms with E-state index in [1.807, 2.05) is 24.3 Å². The molecule has 0 amide bonds. The van der Waals surface area contributed by atoms with E-state index in [-0.39, 0.29) is 0 Å². The first-order chi connectivity index (χ1) is 8.28. The maximum Gasteiger partial charge on any atom is 0.0898 e. The van der Waals surface area contributed by atoms with E-state index in [4.69, 9.17) is 0 Å². The van der Waals surface area contributed by atoms with Crippen LogP contribution >= 0.6 is 0 Å². The Morgan fingerprint density at radius 1 is 0.706 bits per heavy atom. The van der Waals surface area contributed by atoms with Crippen LogP contribution in [0.25, 0.3) is 0 Å².